The second-order valence-electron chi connectivity index (χ2n) is 4.33. The highest BCUT2D eigenvalue weighted by atomic mass is 79.9. The Morgan fingerprint density at radius 1 is 1.17 bits per heavy atom. The van der Waals surface area contributed by atoms with Crippen LogP contribution in [0.3, 0.4) is 0 Å². The van der Waals surface area contributed by atoms with Gasteiger partial charge in [0.1, 0.15) is 0 Å². The van der Waals surface area contributed by atoms with Crippen LogP contribution in [0.4, 0.5) is 0 Å². The molecule has 0 N–H and O–H groups in total. The predicted molar refractivity (Wildman–Crippen MR) is 75.8 cm³/mol. The molecule has 0 amide bonds. The first-order valence-corrected chi connectivity index (χ1v) is 7.07. The van der Waals surface area contributed by atoms with E-state index < -0.39 is 0 Å². The molecule has 3 rings (SSSR count). The maximum absolute atomic E-state index is 12.4. The van der Waals surface area contributed by atoms with Crippen LogP contribution < -0.4 is 5.69 Å². The molecule has 18 heavy (non-hydrogen) atoms. The van der Waals surface area contributed by atoms with Crippen LogP contribution in [0.1, 0.15) is 12.8 Å². The van der Waals surface area contributed by atoms with Gasteiger partial charge in [0.2, 0.25) is 4.77 Å². The number of halogens is 1. The van der Waals surface area contributed by atoms with Crippen molar-refractivity contribution in [2.45, 2.75) is 25.9 Å². The standard InChI is InChI=1S/C12H12BrN3OS/c13-9-4-3-5-10(8-9)16-11(17)14-6-1-2-7-15(14)12(16)18/h3-5,8H,1-2,6-7H2. The molecule has 1 aromatic heterocycles. The lowest BCUT2D eigenvalue weighted by atomic mass is 10.3. The summed E-state index contributed by atoms with van der Waals surface area (Å²) in [5, 5.41) is 0. The van der Waals surface area contributed by atoms with E-state index in [4.69, 9.17) is 12.2 Å². The molecular weight excluding hydrogens is 314 g/mol. The number of hydrogen-bond donors (Lipinski definition) is 0. The van der Waals surface area contributed by atoms with Crippen LogP contribution in [-0.2, 0) is 13.1 Å². The van der Waals surface area contributed by atoms with Crippen LogP contribution in [0, 0.1) is 4.77 Å². The van der Waals surface area contributed by atoms with Gasteiger partial charge >= 0.3 is 5.69 Å². The molecule has 0 saturated carbocycles. The van der Waals surface area contributed by atoms with E-state index in [1.54, 1.807) is 9.25 Å². The maximum Gasteiger partial charge on any atom is 0.349 e. The quantitative estimate of drug-likeness (QED) is 0.755. The van der Waals surface area contributed by atoms with Crippen molar-refractivity contribution in [2.24, 2.45) is 0 Å². The zero-order valence-electron chi connectivity index (χ0n) is 9.67. The smallest absolute Gasteiger partial charge is 0.256 e. The van der Waals surface area contributed by atoms with Gasteiger partial charge < -0.3 is 0 Å². The summed E-state index contributed by atoms with van der Waals surface area (Å²) in [6.45, 7) is 1.58. The molecule has 0 aliphatic carbocycles. The summed E-state index contributed by atoms with van der Waals surface area (Å²) in [6, 6.07) is 7.64. The molecule has 1 aliphatic heterocycles. The molecule has 0 atom stereocenters. The molecule has 1 aromatic carbocycles. The van der Waals surface area contributed by atoms with Crippen LogP contribution in [0.5, 0.6) is 0 Å². The number of fused-ring (bicyclic) bond motifs is 1. The Bertz CT molecular complexity index is 675. The summed E-state index contributed by atoms with van der Waals surface area (Å²) in [5.74, 6) is 0. The van der Waals surface area contributed by atoms with E-state index in [2.05, 4.69) is 15.9 Å². The number of nitrogens with zero attached hydrogens (tertiary/aromatic N) is 3. The lowest BCUT2D eigenvalue weighted by Crippen LogP contribution is -2.29. The molecule has 0 bridgehead atoms. The SMILES string of the molecule is O=c1n(-c2cccc(Br)c2)c(=S)n2n1CCCC2. The van der Waals surface area contributed by atoms with Crippen LogP contribution in [0.2, 0.25) is 0 Å². The van der Waals surface area contributed by atoms with Crippen molar-refractivity contribution in [3.8, 4) is 5.69 Å². The van der Waals surface area contributed by atoms with Gasteiger partial charge in [-0.3, -0.25) is 4.68 Å². The van der Waals surface area contributed by atoms with Crippen molar-refractivity contribution >= 4 is 28.1 Å². The molecule has 0 radical (unpaired) electrons. The van der Waals surface area contributed by atoms with Crippen molar-refractivity contribution < 1.29 is 0 Å². The van der Waals surface area contributed by atoms with E-state index in [1.807, 2.05) is 28.9 Å². The first kappa shape index (κ1) is 11.9. The summed E-state index contributed by atoms with van der Waals surface area (Å²) < 4.78 is 6.77. The fraction of sp³-hybridized carbons (Fsp3) is 0.333. The molecular formula is C12H12BrN3OS. The molecule has 0 spiro atoms. The van der Waals surface area contributed by atoms with Crippen molar-refractivity contribution in [2.75, 3.05) is 0 Å². The number of benzene rings is 1. The van der Waals surface area contributed by atoms with E-state index in [-0.39, 0.29) is 5.69 Å². The van der Waals surface area contributed by atoms with Gasteiger partial charge in [-0.1, -0.05) is 22.0 Å². The molecule has 4 nitrogen and oxygen atoms in total. The summed E-state index contributed by atoms with van der Waals surface area (Å²) in [7, 11) is 0. The van der Waals surface area contributed by atoms with Gasteiger partial charge in [0.15, 0.2) is 0 Å². The Kier molecular flexibility index (Phi) is 2.99. The van der Waals surface area contributed by atoms with E-state index in [1.165, 1.54) is 0 Å². The van der Waals surface area contributed by atoms with Crippen molar-refractivity contribution in [1.29, 1.82) is 0 Å². The van der Waals surface area contributed by atoms with E-state index >= 15 is 0 Å². The molecule has 2 heterocycles. The van der Waals surface area contributed by atoms with Gasteiger partial charge in [0, 0.05) is 17.6 Å². The van der Waals surface area contributed by atoms with Crippen LogP contribution in [-0.4, -0.2) is 13.9 Å². The minimum absolute atomic E-state index is 0.0437. The average Bonchev–Trinajstić information content (AvgIpc) is 2.63. The van der Waals surface area contributed by atoms with Gasteiger partial charge in [-0.2, -0.15) is 0 Å². The fourth-order valence-electron chi connectivity index (χ4n) is 2.31. The van der Waals surface area contributed by atoms with Gasteiger partial charge in [-0.05, 0) is 43.3 Å². The minimum atomic E-state index is -0.0437. The molecule has 0 fully saturated rings. The zero-order valence-corrected chi connectivity index (χ0v) is 12.1. The lowest BCUT2D eigenvalue weighted by molar-refractivity contribution is 0.352. The van der Waals surface area contributed by atoms with Gasteiger partial charge in [0.05, 0.1) is 5.69 Å². The highest BCUT2D eigenvalue weighted by Crippen LogP contribution is 2.16. The molecule has 94 valence electrons. The van der Waals surface area contributed by atoms with E-state index in [0.29, 0.717) is 4.77 Å². The predicted octanol–water partition coefficient (Wildman–Crippen LogP) is 2.73. The number of aromatic nitrogens is 3. The highest BCUT2D eigenvalue weighted by molar-refractivity contribution is 9.10. The third kappa shape index (κ3) is 1.80. The van der Waals surface area contributed by atoms with Gasteiger partial charge in [-0.15, -0.1) is 0 Å². The second-order valence-corrected chi connectivity index (χ2v) is 5.61. The zero-order chi connectivity index (χ0) is 12.7. The van der Waals surface area contributed by atoms with E-state index in [9.17, 15) is 4.79 Å². The normalized spacial score (nSPS) is 14.5. The first-order chi connectivity index (χ1) is 8.68. The topological polar surface area (TPSA) is 31.9 Å². The van der Waals surface area contributed by atoms with Gasteiger partial charge in [-0.25, -0.2) is 14.0 Å². The summed E-state index contributed by atoms with van der Waals surface area (Å²) in [5.41, 5.74) is 0.770. The second kappa shape index (κ2) is 4.51. The van der Waals surface area contributed by atoms with Crippen molar-refractivity contribution in [3.05, 3.63) is 44.0 Å². The Hall–Kier alpha value is -1.14. The number of rotatable bonds is 1. The molecule has 0 saturated heterocycles. The van der Waals surface area contributed by atoms with Gasteiger partial charge in [0.25, 0.3) is 0 Å². The summed E-state index contributed by atoms with van der Waals surface area (Å²) in [4.78, 5) is 12.4. The third-order valence-corrected chi connectivity index (χ3v) is 4.06. The third-order valence-electron chi connectivity index (χ3n) is 3.17. The van der Waals surface area contributed by atoms with Crippen LogP contribution in [0.25, 0.3) is 5.69 Å². The Morgan fingerprint density at radius 2 is 1.89 bits per heavy atom. The minimum Gasteiger partial charge on any atom is -0.256 e. The Balaban J connectivity index is 2.28. The fourth-order valence-corrected chi connectivity index (χ4v) is 3.07. The number of hydrogen-bond acceptors (Lipinski definition) is 2. The summed E-state index contributed by atoms with van der Waals surface area (Å²) >= 11 is 8.83. The van der Waals surface area contributed by atoms with E-state index in [0.717, 1.165) is 36.1 Å². The highest BCUT2D eigenvalue weighted by Gasteiger charge is 2.17. The van der Waals surface area contributed by atoms with Crippen LogP contribution in [0.15, 0.2) is 33.5 Å². The molecule has 2 aromatic rings. The van der Waals surface area contributed by atoms with Crippen LogP contribution >= 0.6 is 28.1 Å². The first-order valence-electron chi connectivity index (χ1n) is 5.87. The lowest BCUT2D eigenvalue weighted by Gasteiger charge is -2.14. The largest absolute Gasteiger partial charge is 0.349 e. The Labute approximate surface area is 118 Å². The molecule has 0 unspecified atom stereocenters. The molecule has 6 heteroatoms. The molecule has 1 aliphatic rings. The Morgan fingerprint density at radius 3 is 2.56 bits per heavy atom. The summed E-state index contributed by atoms with van der Waals surface area (Å²) in [6.07, 6.45) is 2.12. The maximum atomic E-state index is 12.4. The monoisotopic (exact) mass is 325 g/mol. The average molecular weight is 326 g/mol. The van der Waals surface area contributed by atoms with Crippen molar-refractivity contribution in [3.63, 3.8) is 0 Å². The van der Waals surface area contributed by atoms with Crippen molar-refractivity contribution in [1.82, 2.24) is 13.9 Å².